The van der Waals surface area contributed by atoms with Crippen molar-refractivity contribution in [3.05, 3.63) is 95.1 Å². The average molecular weight is 1100 g/mol. The lowest BCUT2D eigenvalue weighted by Gasteiger charge is -2.35. The van der Waals surface area contributed by atoms with Crippen LogP contribution in [-0.2, 0) is 28.8 Å². The SMILES string of the molecule is CC[C@@H](C)C(=O)N[C@H](C(=O)N1C[C@@H](NC(=O)c2ccc(C(=O)N[C@H]3C[C@@H](C(=O)N[C@@H]4CCOc5ccccc54)N(C(=O)[C@@H](CC(=O)[C@H](C)NC)C4CCCCC4)C3)cc2)C[C@H]1C(=O)N[C@@H]1CCOc2ccccc21)C1CCCCC1. The summed E-state index contributed by atoms with van der Waals surface area (Å²) in [7, 11) is 1.72. The number of hydrogen-bond acceptors (Lipinski definition) is 11. The van der Waals surface area contributed by atoms with E-state index >= 15 is 0 Å². The number of likely N-dealkylation sites (N-methyl/N-ethyl adjacent to an activating group) is 1. The minimum atomic E-state index is -0.936. The zero-order chi connectivity index (χ0) is 56.5. The van der Waals surface area contributed by atoms with Crippen molar-refractivity contribution >= 4 is 47.1 Å². The van der Waals surface area contributed by atoms with Crippen molar-refractivity contribution in [2.75, 3.05) is 33.4 Å². The number of ketones is 1. The van der Waals surface area contributed by atoms with Crippen molar-refractivity contribution in [3.8, 4) is 11.5 Å². The highest BCUT2D eigenvalue weighted by Gasteiger charge is 2.47. The topological polar surface area (TPSA) is 234 Å². The number of fused-ring (bicyclic) bond motifs is 2. The van der Waals surface area contributed by atoms with Crippen LogP contribution in [-0.4, -0.2) is 127 Å². The number of benzene rings is 3. The lowest BCUT2D eigenvalue weighted by molar-refractivity contribution is -0.145. The highest BCUT2D eigenvalue weighted by molar-refractivity contribution is 5.99. The van der Waals surface area contributed by atoms with Crippen molar-refractivity contribution in [2.24, 2.45) is 23.7 Å². The Morgan fingerprint density at radius 1 is 0.575 bits per heavy atom. The number of ether oxygens (including phenoxy) is 2. The van der Waals surface area contributed by atoms with Crippen LogP contribution >= 0.6 is 0 Å². The number of Topliss-reactive ketones (excluding diaryl/α,β-unsaturated/α-hetero) is 1. The van der Waals surface area contributed by atoms with Crippen LogP contribution in [0.4, 0.5) is 0 Å². The number of carbonyl (C=O) groups is 8. The van der Waals surface area contributed by atoms with Gasteiger partial charge in [-0.2, -0.15) is 0 Å². The van der Waals surface area contributed by atoms with Gasteiger partial charge in [-0.15, -0.1) is 0 Å². The van der Waals surface area contributed by atoms with Crippen LogP contribution < -0.4 is 41.4 Å². The second-order valence-electron chi connectivity index (χ2n) is 23.3. The molecule has 4 fully saturated rings. The van der Waals surface area contributed by atoms with Crippen LogP contribution in [0.2, 0.25) is 0 Å². The molecule has 6 aliphatic rings. The first-order valence-electron chi connectivity index (χ1n) is 29.6. The molecule has 18 nitrogen and oxygen atoms in total. The second-order valence-corrected chi connectivity index (χ2v) is 23.3. The summed E-state index contributed by atoms with van der Waals surface area (Å²) in [6.07, 6.45) is 11.2. The van der Waals surface area contributed by atoms with E-state index in [9.17, 15) is 38.4 Å². The molecule has 2 saturated carbocycles. The summed E-state index contributed by atoms with van der Waals surface area (Å²) in [5.74, 6) is -2.09. The Hall–Kier alpha value is -6.82. The largest absolute Gasteiger partial charge is 0.493 e. The third kappa shape index (κ3) is 13.5. The Kier molecular flexibility index (Phi) is 19.3. The molecule has 4 heterocycles. The molecule has 10 atom stereocenters. The number of amides is 7. The smallest absolute Gasteiger partial charge is 0.251 e. The molecule has 4 aliphatic heterocycles. The molecular weight excluding hydrogens is 1020 g/mol. The van der Waals surface area contributed by atoms with Gasteiger partial charge in [-0.25, -0.2) is 0 Å². The molecule has 0 unspecified atom stereocenters. The van der Waals surface area contributed by atoms with E-state index in [0.717, 1.165) is 75.3 Å². The molecular formula is C62H82N8O10. The molecule has 0 spiro atoms. The summed E-state index contributed by atoms with van der Waals surface area (Å²) in [6.45, 7) is 6.50. The summed E-state index contributed by atoms with van der Waals surface area (Å²) in [6, 6.07) is 16.3. The summed E-state index contributed by atoms with van der Waals surface area (Å²) in [5, 5.41) is 18.7. The van der Waals surface area contributed by atoms with E-state index in [2.05, 4.69) is 31.9 Å². The maximum atomic E-state index is 15.0. The van der Waals surface area contributed by atoms with Gasteiger partial charge in [0.25, 0.3) is 11.8 Å². The fraction of sp³-hybridized carbons (Fsp3) is 0.581. The van der Waals surface area contributed by atoms with Gasteiger partial charge in [-0.05, 0) is 107 Å². The van der Waals surface area contributed by atoms with Gasteiger partial charge >= 0.3 is 0 Å². The third-order valence-electron chi connectivity index (χ3n) is 18.0. The molecule has 2 saturated heterocycles. The van der Waals surface area contributed by atoms with E-state index in [0.29, 0.717) is 44.0 Å². The number of nitrogens with one attached hydrogen (secondary N) is 6. The van der Waals surface area contributed by atoms with Crippen LogP contribution in [0, 0.1) is 23.7 Å². The summed E-state index contributed by atoms with van der Waals surface area (Å²) < 4.78 is 11.7. The van der Waals surface area contributed by atoms with E-state index < -0.39 is 54.0 Å². The van der Waals surface area contributed by atoms with Crippen LogP contribution in [0.5, 0.6) is 11.5 Å². The first kappa shape index (κ1) is 57.9. The van der Waals surface area contributed by atoms with Crippen LogP contribution in [0.25, 0.3) is 0 Å². The van der Waals surface area contributed by atoms with E-state index in [1.165, 1.54) is 0 Å². The van der Waals surface area contributed by atoms with E-state index in [-0.39, 0.29) is 109 Å². The fourth-order valence-electron chi connectivity index (χ4n) is 13.0. The third-order valence-corrected chi connectivity index (χ3v) is 18.0. The van der Waals surface area contributed by atoms with Gasteiger partial charge in [0.1, 0.15) is 35.4 Å². The molecule has 18 heteroatoms. The van der Waals surface area contributed by atoms with Crippen LogP contribution in [0.3, 0.4) is 0 Å². The van der Waals surface area contributed by atoms with E-state index in [1.807, 2.05) is 62.4 Å². The monoisotopic (exact) mass is 1100 g/mol. The molecule has 3 aromatic rings. The summed E-state index contributed by atoms with van der Waals surface area (Å²) in [4.78, 5) is 117. The first-order valence-corrected chi connectivity index (χ1v) is 29.6. The molecule has 80 heavy (non-hydrogen) atoms. The zero-order valence-corrected chi connectivity index (χ0v) is 47.0. The lowest BCUT2D eigenvalue weighted by atomic mass is 9.76. The lowest BCUT2D eigenvalue weighted by Crippen LogP contribution is -2.57. The number of rotatable bonds is 19. The van der Waals surface area contributed by atoms with Gasteiger partial charge in [0.05, 0.1) is 31.3 Å². The highest BCUT2D eigenvalue weighted by atomic mass is 16.5. The fourth-order valence-corrected chi connectivity index (χ4v) is 13.0. The van der Waals surface area contributed by atoms with Gasteiger partial charge in [0.15, 0.2) is 0 Å². The number of para-hydroxylation sites is 2. The molecule has 6 N–H and O–H groups in total. The Bertz CT molecular complexity index is 2540. The molecule has 0 radical (unpaired) electrons. The maximum Gasteiger partial charge on any atom is 0.251 e. The van der Waals surface area contributed by atoms with Crippen molar-refractivity contribution < 1.29 is 47.8 Å². The Labute approximate surface area is 470 Å². The quantitative estimate of drug-likeness (QED) is 0.0787. The average Bonchev–Trinajstić information content (AvgIpc) is 4.12. The molecule has 9 rings (SSSR count). The standard InChI is InChI=1S/C62H82N8O10/c1-5-37(2)56(72)68-55(40-18-10-7-11-19-40)62(78)70-36-44(33-51(70)60(76)67-49-29-31-80-54-23-15-13-21-46(49)54)65-58(74)42-26-24-41(25-27-42)57(73)64-43-32-50(59(75)66-48-28-30-79-53-22-14-12-20-45(48)53)69(35-43)61(77)47(34-52(71)38(3)63-4)39-16-8-6-9-17-39/h12-15,20-27,37-40,43-44,47-51,55,63H,5-11,16-19,28-36H2,1-4H3,(H,64,73)(H,65,74)(H,66,75)(H,67,76)(H,68,72)/t37-,38+,43+,44+,47+,48-,49-,50+,51+,55+/m1/s1. The molecule has 2 aliphatic carbocycles. The molecule has 0 aromatic heterocycles. The van der Waals surface area contributed by atoms with Crippen molar-refractivity contribution in [1.82, 2.24) is 41.7 Å². The zero-order valence-electron chi connectivity index (χ0n) is 47.0. The summed E-state index contributed by atoms with van der Waals surface area (Å²) in [5.41, 5.74) is 2.21. The number of carbonyl (C=O) groups excluding carboxylic acids is 8. The van der Waals surface area contributed by atoms with Crippen LogP contribution in [0.15, 0.2) is 72.8 Å². The Morgan fingerprint density at radius 2 is 1.04 bits per heavy atom. The van der Waals surface area contributed by atoms with E-state index in [1.54, 1.807) is 48.0 Å². The Morgan fingerprint density at radius 3 is 1.51 bits per heavy atom. The van der Waals surface area contributed by atoms with Crippen molar-refractivity contribution in [1.29, 1.82) is 0 Å². The normalized spacial score (nSPS) is 24.5. The molecule has 3 aromatic carbocycles. The summed E-state index contributed by atoms with van der Waals surface area (Å²) >= 11 is 0. The van der Waals surface area contributed by atoms with Crippen molar-refractivity contribution in [3.63, 3.8) is 0 Å². The van der Waals surface area contributed by atoms with Crippen LogP contribution in [0.1, 0.15) is 167 Å². The van der Waals surface area contributed by atoms with E-state index in [4.69, 9.17) is 9.47 Å². The second kappa shape index (κ2) is 26.6. The molecule has 7 amide bonds. The minimum absolute atomic E-state index is 0.0104. The highest BCUT2D eigenvalue weighted by Crippen LogP contribution is 2.38. The van der Waals surface area contributed by atoms with Gasteiger partial charge < -0.3 is 51.2 Å². The van der Waals surface area contributed by atoms with Gasteiger partial charge in [-0.1, -0.05) is 88.8 Å². The number of likely N-dealkylation sites (tertiary alicyclic amines) is 2. The van der Waals surface area contributed by atoms with Gasteiger partial charge in [0.2, 0.25) is 29.5 Å². The number of hydrogen-bond donors (Lipinski definition) is 6. The van der Waals surface area contributed by atoms with Gasteiger partial charge in [-0.3, -0.25) is 38.4 Å². The number of nitrogens with zero attached hydrogens (tertiary/aromatic N) is 2. The predicted molar refractivity (Wildman–Crippen MR) is 300 cm³/mol. The molecule has 0 bridgehead atoms. The molecule has 430 valence electrons. The first-order chi connectivity index (χ1) is 38.7. The minimum Gasteiger partial charge on any atom is -0.493 e. The van der Waals surface area contributed by atoms with Crippen molar-refractivity contribution in [2.45, 2.75) is 172 Å². The van der Waals surface area contributed by atoms with Gasteiger partial charge in [0, 0.05) is 78.5 Å². The maximum absolute atomic E-state index is 15.0. The predicted octanol–water partition coefficient (Wildman–Crippen LogP) is 6.24. The Balaban J connectivity index is 0.896.